The van der Waals surface area contributed by atoms with E-state index in [1.807, 2.05) is 0 Å². The van der Waals surface area contributed by atoms with Crippen molar-refractivity contribution in [3.05, 3.63) is 29.3 Å². The molecule has 1 heterocycles. The molecule has 0 radical (unpaired) electrons. The second-order valence-corrected chi connectivity index (χ2v) is 5.00. The summed E-state index contributed by atoms with van der Waals surface area (Å²) in [7, 11) is 0. The van der Waals surface area contributed by atoms with Crippen LogP contribution in [0.15, 0.2) is 18.2 Å². The maximum Gasteiger partial charge on any atom is 0.0426 e. The highest BCUT2D eigenvalue weighted by atomic mass is 15.2. The molecule has 2 heteroatoms. The molecular formula is C14H22N2. The molecule has 0 aliphatic carbocycles. The molecule has 1 aromatic rings. The molecule has 2 rings (SSSR count). The Labute approximate surface area is 98.7 Å². The summed E-state index contributed by atoms with van der Waals surface area (Å²) >= 11 is 0. The molecule has 1 fully saturated rings. The summed E-state index contributed by atoms with van der Waals surface area (Å²) in [5.74, 6) is 0.724. The first-order valence-corrected chi connectivity index (χ1v) is 6.20. The van der Waals surface area contributed by atoms with Crippen LogP contribution in [-0.4, -0.2) is 26.2 Å². The van der Waals surface area contributed by atoms with E-state index in [9.17, 15) is 0 Å². The highest BCUT2D eigenvalue weighted by Crippen LogP contribution is 2.25. The largest absolute Gasteiger partial charge is 0.370 e. The average Bonchev–Trinajstić information content (AvgIpc) is 2.43. The van der Waals surface area contributed by atoms with Gasteiger partial charge in [0.2, 0.25) is 0 Å². The van der Waals surface area contributed by atoms with Crippen molar-refractivity contribution in [1.29, 1.82) is 0 Å². The molecule has 0 aromatic heterocycles. The molecule has 0 bridgehead atoms. The monoisotopic (exact) mass is 218 g/mol. The second kappa shape index (κ2) is 4.88. The van der Waals surface area contributed by atoms with Gasteiger partial charge in [-0.2, -0.15) is 0 Å². The molecule has 1 unspecified atom stereocenters. The van der Waals surface area contributed by atoms with Gasteiger partial charge in [-0.25, -0.2) is 0 Å². The average molecular weight is 218 g/mol. The predicted octanol–water partition coefficient (Wildman–Crippen LogP) is 2.35. The molecule has 88 valence electrons. The first-order chi connectivity index (χ1) is 7.68. The first kappa shape index (κ1) is 11.5. The summed E-state index contributed by atoms with van der Waals surface area (Å²) in [5, 5.41) is 3.49. The van der Waals surface area contributed by atoms with Crippen LogP contribution in [0.3, 0.4) is 0 Å². The van der Waals surface area contributed by atoms with Crippen LogP contribution in [0, 0.1) is 19.8 Å². The van der Waals surface area contributed by atoms with Crippen molar-refractivity contribution >= 4 is 5.69 Å². The first-order valence-electron chi connectivity index (χ1n) is 6.20. The number of anilines is 1. The number of hydrogen-bond acceptors (Lipinski definition) is 2. The van der Waals surface area contributed by atoms with Gasteiger partial charge in [0.1, 0.15) is 0 Å². The minimum Gasteiger partial charge on any atom is -0.370 e. The highest BCUT2D eigenvalue weighted by molar-refractivity contribution is 5.59. The molecule has 1 aliphatic rings. The Hall–Kier alpha value is -1.02. The van der Waals surface area contributed by atoms with Gasteiger partial charge in [0, 0.05) is 25.3 Å². The fraction of sp³-hybridized carbons (Fsp3) is 0.571. The summed E-state index contributed by atoms with van der Waals surface area (Å²) in [4.78, 5) is 2.54. The van der Waals surface area contributed by atoms with Crippen molar-refractivity contribution in [2.24, 2.45) is 5.92 Å². The molecule has 2 nitrogen and oxygen atoms in total. The lowest BCUT2D eigenvalue weighted by Crippen LogP contribution is -2.30. The van der Waals surface area contributed by atoms with Crippen molar-refractivity contribution in [1.82, 2.24) is 5.32 Å². The lowest BCUT2D eigenvalue weighted by molar-refractivity contribution is 0.563. The standard InChI is InChI=1S/C14H22N2/c1-11-9-15-7-8-16(10-11)14-12(2)5-4-6-13(14)3/h4-6,11,15H,7-10H2,1-3H3. The van der Waals surface area contributed by atoms with E-state index in [-0.39, 0.29) is 0 Å². The Morgan fingerprint density at radius 1 is 1.25 bits per heavy atom. The van der Waals surface area contributed by atoms with Crippen LogP contribution in [-0.2, 0) is 0 Å². The van der Waals surface area contributed by atoms with E-state index in [1.54, 1.807) is 0 Å². The fourth-order valence-corrected chi connectivity index (χ4v) is 2.60. The van der Waals surface area contributed by atoms with Crippen molar-refractivity contribution in [2.45, 2.75) is 20.8 Å². The van der Waals surface area contributed by atoms with Crippen molar-refractivity contribution < 1.29 is 0 Å². The topological polar surface area (TPSA) is 15.3 Å². The maximum atomic E-state index is 3.49. The predicted molar refractivity (Wildman–Crippen MR) is 70.2 cm³/mol. The molecule has 0 amide bonds. The Bertz CT molecular complexity index is 340. The van der Waals surface area contributed by atoms with Gasteiger partial charge in [-0.3, -0.25) is 0 Å². The molecule has 1 saturated heterocycles. The van der Waals surface area contributed by atoms with Crippen LogP contribution in [0.4, 0.5) is 5.69 Å². The van der Waals surface area contributed by atoms with Crippen molar-refractivity contribution in [3.63, 3.8) is 0 Å². The number of para-hydroxylation sites is 1. The third-order valence-corrected chi connectivity index (χ3v) is 3.34. The summed E-state index contributed by atoms with van der Waals surface area (Å²) in [6, 6.07) is 6.57. The van der Waals surface area contributed by atoms with Crippen LogP contribution < -0.4 is 10.2 Å². The lowest BCUT2D eigenvalue weighted by atomic mass is 10.1. The van der Waals surface area contributed by atoms with Gasteiger partial charge in [-0.1, -0.05) is 25.1 Å². The number of nitrogens with zero attached hydrogens (tertiary/aromatic N) is 1. The quantitative estimate of drug-likeness (QED) is 0.778. The Morgan fingerprint density at radius 2 is 1.94 bits per heavy atom. The summed E-state index contributed by atoms with van der Waals surface area (Å²) < 4.78 is 0. The van der Waals surface area contributed by atoms with Gasteiger partial charge in [-0.05, 0) is 37.4 Å². The van der Waals surface area contributed by atoms with E-state index in [0.29, 0.717) is 0 Å². The number of hydrogen-bond donors (Lipinski definition) is 1. The van der Waals surface area contributed by atoms with Crippen molar-refractivity contribution in [2.75, 3.05) is 31.1 Å². The van der Waals surface area contributed by atoms with Gasteiger partial charge in [0.15, 0.2) is 0 Å². The summed E-state index contributed by atoms with van der Waals surface area (Å²) in [5.41, 5.74) is 4.24. The van der Waals surface area contributed by atoms with E-state index in [2.05, 4.69) is 49.2 Å². The van der Waals surface area contributed by atoms with Crippen LogP contribution in [0.25, 0.3) is 0 Å². The third kappa shape index (κ3) is 2.38. The minimum absolute atomic E-state index is 0.724. The van der Waals surface area contributed by atoms with Crippen LogP contribution >= 0.6 is 0 Å². The van der Waals surface area contributed by atoms with E-state index >= 15 is 0 Å². The lowest BCUT2D eigenvalue weighted by Gasteiger charge is -2.28. The van der Waals surface area contributed by atoms with E-state index in [4.69, 9.17) is 0 Å². The number of rotatable bonds is 1. The summed E-state index contributed by atoms with van der Waals surface area (Å²) in [6.45, 7) is 11.3. The fourth-order valence-electron chi connectivity index (χ4n) is 2.60. The van der Waals surface area contributed by atoms with Crippen molar-refractivity contribution in [3.8, 4) is 0 Å². The molecule has 1 aliphatic heterocycles. The minimum atomic E-state index is 0.724. The van der Waals surface area contributed by atoms with Crippen LogP contribution in [0.5, 0.6) is 0 Å². The number of nitrogens with one attached hydrogen (secondary N) is 1. The molecule has 0 saturated carbocycles. The smallest absolute Gasteiger partial charge is 0.0426 e. The zero-order chi connectivity index (χ0) is 11.5. The third-order valence-electron chi connectivity index (χ3n) is 3.34. The van der Waals surface area contributed by atoms with Gasteiger partial charge >= 0.3 is 0 Å². The van der Waals surface area contributed by atoms with E-state index in [0.717, 1.165) is 25.6 Å². The van der Waals surface area contributed by atoms with E-state index < -0.39 is 0 Å². The molecule has 0 spiro atoms. The van der Waals surface area contributed by atoms with Gasteiger partial charge < -0.3 is 10.2 Å². The molecule has 1 atom stereocenters. The summed E-state index contributed by atoms with van der Waals surface area (Å²) in [6.07, 6.45) is 0. The number of benzene rings is 1. The van der Waals surface area contributed by atoms with Crippen LogP contribution in [0.2, 0.25) is 0 Å². The molecular weight excluding hydrogens is 196 g/mol. The Balaban J connectivity index is 2.28. The van der Waals surface area contributed by atoms with Gasteiger partial charge in [-0.15, -0.1) is 0 Å². The molecule has 1 aromatic carbocycles. The normalized spacial score (nSPS) is 21.9. The highest BCUT2D eigenvalue weighted by Gasteiger charge is 2.17. The second-order valence-electron chi connectivity index (χ2n) is 5.00. The SMILES string of the molecule is Cc1cccc(C)c1N1CCNCC(C)C1. The molecule has 16 heavy (non-hydrogen) atoms. The Morgan fingerprint density at radius 3 is 2.62 bits per heavy atom. The van der Waals surface area contributed by atoms with Gasteiger partial charge in [0.05, 0.1) is 0 Å². The molecule has 1 N–H and O–H groups in total. The number of aryl methyl sites for hydroxylation is 2. The zero-order valence-electron chi connectivity index (χ0n) is 10.6. The van der Waals surface area contributed by atoms with Gasteiger partial charge in [0.25, 0.3) is 0 Å². The van der Waals surface area contributed by atoms with E-state index in [1.165, 1.54) is 23.4 Å². The maximum absolute atomic E-state index is 3.49. The van der Waals surface area contributed by atoms with Crippen LogP contribution in [0.1, 0.15) is 18.1 Å². The Kier molecular flexibility index (Phi) is 3.49. The zero-order valence-corrected chi connectivity index (χ0v) is 10.6.